The maximum Gasteiger partial charge on any atom is 0.129 e. The summed E-state index contributed by atoms with van der Waals surface area (Å²) >= 11 is 6.50. The lowest BCUT2D eigenvalue weighted by Gasteiger charge is -2.40. The van der Waals surface area contributed by atoms with Gasteiger partial charge in [0.2, 0.25) is 0 Å². The lowest BCUT2D eigenvalue weighted by Crippen LogP contribution is -2.42. The molecule has 1 atom stereocenters. The summed E-state index contributed by atoms with van der Waals surface area (Å²) in [5, 5.41) is 15.0. The van der Waals surface area contributed by atoms with Gasteiger partial charge in [-0.05, 0) is 38.3 Å². The molecule has 1 aliphatic heterocycles. The first-order valence-electron chi connectivity index (χ1n) is 9.51. The summed E-state index contributed by atoms with van der Waals surface area (Å²) in [4.78, 5) is 11.1. The highest BCUT2D eigenvalue weighted by molar-refractivity contribution is 6.34. The van der Waals surface area contributed by atoms with Gasteiger partial charge in [-0.15, -0.1) is 0 Å². The SMILES string of the molecule is CC1(O)CC(n2cc(-c3c(Cl)cnc4ccc(N5CC[C@H](F)C5)nc34)cn2)C1. The highest BCUT2D eigenvalue weighted by Gasteiger charge is 2.40. The van der Waals surface area contributed by atoms with Gasteiger partial charge in [0.15, 0.2) is 0 Å². The van der Waals surface area contributed by atoms with Gasteiger partial charge >= 0.3 is 0 Å². The molecule has 1 N–H and O–H groups in total. The van der Waals surface area contributed by atoms with Crippen LogP contribution in [-0.2, 0) is 0 Å². The third-order valence-electron chi connectivity index (χ3n) is 5.72. The Labute approximate surface area is 167 Å². The van der Waals surface area contributed by atoms with Gasteiger partial charge in [0.1, 0.15) is 17.5 Å². The van der Waals surface area contributed by atoms with Crippen molar-refractivity contribution in [1.82, 2.24) is 19.7 Å². The molecule has 1 aliphatic carbocycles. The number of anilines is 1. The maximum absolute atomic E-state index is 13.6. The van der Waals surface area contributed by atoms with Crippen LogP contribution < -0.4 is 4.90 Å². The summed E-state index contributed by atoms with van der Waals surface area (Å²) in [5.74, 6) is 0.736. The summed E-state index contributed by atoms with van der Waals surface area (Å²) in [6.45, 7) is 2.86. The number of hydrogen-bond donors (Lipinski definition) is 1. The summed E-state index contributed by atoms with van der Waals surface area (Å²) in [6.07, 6.45) is 6.42. The number of nitrogens with zero attached hydrogens (tertiary/aromatic N) is 5. The van der Waals surface area contributed by atoms with Crippen LogP contribution >= 0.6 is 11.6 Å². The quantitative estimate of drug-likeness (QED) is 0.723. The van der Waals surface area contributed by atoms with E-state index in [1.807, 2.05) is 34.8 Å². The van der Waals surface area contributed by atoms with E-state index < -0.39 is 11.8 Å². The summed E-state index contributed by atoms with van der Waals surface area (Å²) in [5.41, 5.74) is 2.45. The van der Waals surface area contributed by atoms with Gasteiger partial charge in [-0.3, -0.25) is 9.67 Å². The molecule has 5 rings (SSSR count). The summed E-state index contributed by atoms with van der Waals surface area (Å²) < 4.78 is 15.5. The van der Waals surface area contributed by atoms with E-state index in [1.165, 1.54) is 0 Å². The van der Waals surface area contributed by atoms with Crippen molar-refractivity contribution in [2.45, 2.75) is 44.0 Å². The molecule has 8 heteroatoms. The Kier molecular flexibility index (Phi) is 4.07. The van der Waals surface area contributed by atoms with E-state index in [9.17, 15) is 9.50 Å². The minimum Gasteiger partial charge on any atom is -0.390 e. The average Bonchev–Trinajstić information content (AvgIpc) is 3.28. The molecule has 2 fully saturated rings. The minimum atomic E-state index is -0.813. The van der Waals surface area contributed by atoms with Crippen molar-refractivity contribution < 1.29 is 9.50 Å². The number of pyridine rings is 2. The normalized spacial score (nSPS) is 27.4. The molecule has 0 spiro atoms. The third-order valence-corrected chi connectivity index (χ3v) is 6.01. The second-order valence-corrected chi connectivity index (χ2v) is 8.53. The van der Waals surface area contributed by atoms with Crippen molar-refractivity contribution in [3.63, 3.8) is 0 Å². The lowest BCUT2D eigenvalue weighted by molar-refractivity contribution is -0.0543. The molecule has 2 aliphatic rings. The van der Waals surface area contributed by atoms with Crippen molar-refractivity contribution in [2.75, 3.05) is 18.0 Å². The van der Waals surface area contributed by atoms with E-state index in [4.69, 9.17) is 16.6 Å². The van der Waals surface area contributed by atoms with Crippen molar-refractivity contribution in [2.24, 2.45) is 0 Å². The monoisotopic (exact) mass is 401 g/mol. The maximum atomic E-state index is 13.6. The van der Waals surface area contributed by atoms with Crippen molar-refractivity contribution in [3.8, 4) is 11.1 Å². The Morgan fingerprint density at radius 2 is 2.11 bits per heavy atom. The molecule has 0 bridgehead atoms. The summed E-state index contributed by atoms with van der Waals surface area (Å²) in [7, 11) is 0. The Hall–Kier alpha value is -2.25. The first-order valence-corrected chi connectivity index (χ1v) is 9.89. The van der Waals surface area contributed by atoms with Crippen LogP contribution in [0, 0.1) is 0 Å². The second kappa shape index (κ2) is 6.39. The topological polar surface area (TPSA) is 67.1 Å². The number of hydrogen-bond acceptors (Lipinski definition) is 5. The largest absolute Gasteiger partial charge is 0.390 e. The van der Waals surface area contributed by atoms with Gasteiger partial charge in [-0.2, -0.15) is 5.10 Å². The molecule has 4 heterocycles. The standard InChI is InChI=1S/C20H21ClFN5O/c1-20(28)6-14(7-20)27-10-12(8-24-27)18-15(21)9-23-16-2-3-17(25-19(16)18)26-5-4-13(22)11-26/h2-3,8-10,13-14,28H,4-7,11H2,1H3/t13-,14?,20?/m0/s1. The number of aliphatic hydroxyl groups is 1. The predicted octanol–water partition coefficient (Wildman–Crippen LogP) is 3.78. The fourth-order valence-corrected chi connectivity index (χ4v) is 4.47. The molecule has 1 saturated carbocycles. The van der Waals surface area contributed by atoms with E-state index in [1.54, 1.807) is 12.4 Å². The van der Waals surface area contributed by atoms with Gasteiger partial charge in [-0.1, -0.05) is 11.6 Å². The van der Waals surface area contributed by atoms with E-state index in [0.717, 1.165) is 22.5 Å². The zero-order valence-corrected chi connectivity index (χ0v) is 16.3. The highest BCUT2D eigenvalue weighted by Crippen LogP contribution is 2.42. The van der Waals surface area contributed by atoms with E-state index in [0.29, 0.717) is 42.9 Å². The molecule has 1 saturated heterocycles. The molecule has 0 unspecified atom stereocenters. The molecular formula is C20H21ClFN5O. The van der Waals surface area contributed by atoms with Gasteiger partial charge in [0.25, 0.3) is 0 Å². The van der Waals surface area contributed by atoms with Crippen LogP contribution in [0.3, 0.4) is 0 Å². The number of rotatable bonds is 3. The number of fused-ring (bicyclic) bond motifs is 1. The van der Waals surface area contributed by atoms with Crippen LogP contribution in [0.15, 0.2) is 30.7 Å². The number of aromatic nitrogens is 4. The minimum absolute atomic E-state index is 0.185. The molecule has 3 aromatic heterocycles. The fourth-order valence-electron chi connectivity index (χ4n) is 4.22. The van der Waals surface area contributed by atoms with Crippen LogP contribution in [0.4, 0.5) is 10.2 Å². The van der Waals surface area contributed by atoms with E-state index >= 15 is 0 Å². The average molecular weight is 402 g/mol. The Bertz CT molecular complexity index is 1040. The Morgan fingerprint density at radius 1 is 1.29 bits per heavy atom. The molecule has 3 aromatic rings. The zero-order chi connectivity index (χ0) is 19.5. The predicted molar refractivity (Wildman–Crippen MR) is 106 cm³/mol. The summed E-state index contributed by atoms with van der Waals surface area (Å²) in [6, 6.07) is 3.96. The zero-order valence-electron chi connectivity index (χ0n) is 15.5. The van der Waals surface area contributed by atoms with Gasteiger partial charge in [-0.25, -0.2) is 9.37 Å². The van der Waals surface area contributed by atoms with Crippen LogP contribution in [0.1, 0.15) is 32.2 Å². The molecule has 0 aromatic carbocycles. The van der Waals surface area contributed by atoms with E-state index in [-0.39, 0.29) is 6.04 Å². The van der Waals surface area contributed by atoms with E-state index in [2.05, 4.69) is 10.1 Å². The molecule has 0 amide bonds. The van der Waals surface area contributed by atoms with Crippen LogP contribution in [0.5, 0.6) is 0 Å². The molecule has 6 nitrogen and oxygen atoms in total. The van der Waals surface area contributed by atoms with Gasteiger partial charge in [0, 0.05) is 30.1 Å². The fraction of sp³-hybridized carbons (Fsp3) is 0.450. The first kappa shape index (κ1) is 17.8. The van der Waals surface area contributed by atoms with Gasteiger partial charge in [0.05, 0.1) is 34.9 Å². The molecule has 0 radical (unpaired) electrons. The highest BCUT2D eigenvalue weighted by atomic mass is 35.5. The van der Waals surface area contributed by atoms with Crippen molar-refractivity contribution in [1.29, 1.82) is 0 Å². The second-order valence-electron chi connectivity index (χ2n) is 8.12. The van der Waals surface area contributed by atoms with Crippen LogP contribution in [0.25, 0.3) is 22.2 Å². The van der Waals surface area contributed by atoms with Crippen LogP contribution in [-0.4, -0.2) is 49.7 Å². The van der Waals surface area contributed by atoms with Gasteiger partial charge < -0.3 is 10.0 Å². The molecule has 146 valence electrons. The Balaban J connectivity index is 1.55. The Morgan fingerprint density at radius 3 is 2.82 bits per heavy atom. The molecular weight excluding hydrogens is 381 g/mol. The van der Waals surface area contributed by atoms with Crippen molar-refractivity contribution >= 4 is 28.5 Å². The van der Waals surface area contributed by atoms with Crippen LogP contribution in [0.2, 0.25) is 5.02 Å². The number of halogens is 2. The smallest absolute Gasteiger partial charge is 0.129 e. The number of alkyl halides is 1. The third kappa shape index (κ3) is 3.02. The lowest BCUT2D eigenvalue weighted by atomic mass is 9.77. The molecule has 28 heavy (non-hydrogen) atoms. The van der Waals surface area contributed by atoms with Crippen molar-refractivity contribution in [3.05, 3.63) is 35.7 Å². The first-order chi connectivity index (χ1) is 13.4.